The molecule has 6 heteroatoms. The number of anilines is 1. The van der Waals surface area contributed by atoms with E-state index in [1.54, 1.807) is 6.08 Å². The first kappa shape index (κ1) is 15.2. The molecule has 22 heavy (non-hydrogen) atoms. The third kappa shape index (κ3) is 2.92. The van der Waals surface area contributed by atoms with E-state index in [1.165, 1.54) is 24.2 Å². The van der Waals surface area contributed by atoms with Crippen LogP contribution in [0.2, 0.25) is 0 Å². The number of piperidine rings is 1. The summed E-state index contributed by atoms with van der Waals surface area (Å²) in [6.45, 7) is 5.69. The zero-order valence-corrected chi connectivity index (χ0v) is 13.7. The highest BCUT2D eigenvalue weighted by Gasteiger charge is 2.36. The van der Waals surface area contributed by atoms with Gasteiger partial charge in [0.2, 0.25) is 0 Å². The van der Waals surface area contributed by atoms with Crippen LogP contribution < -0.4 is 4.90 Å². The van der Waals surface area contributed by atoms with Gasteiger partial charge in [0.25, 0.3) is 11.1 Å². The highest BCUT2D eigenvalue weighted by molar-refractivity contribution is 8.18. The number of hydrogen-bond acceptors (Lipinski definition) is 5. The number of carbonyl (C=O) groups is 2. The second-order valence-electron chi connectivity index (χ2n) is 5.87. The molecule has 2 fully saturated rings. The zero-order chi connectivity index (χ0) is 15.7. The van der Waals surface area contributed by atoms with Crippen LogP contribution >= 0.6 is 11.8 Å². The molecule has 0 aliphatic carbocycles. The average molecular weight is 320 g/mol. The molecular formula is C16H20N2O3S. The van der Waals surface area contributed by atoms with Crippen molar-refractivity contribution < 1.29 is 14.0 Å². The lowest BCUT2D eigenvalue weighted by Gasteiger charge is -2.25. The maximum atomic E-state index is 12.2. The van der Waals surface area contributed by atoms with E-state index < -0.39 is 0 Å². The molecule has 2 saturated heterocycles. The van der Waals surface area contributed by atoms with Crippen molar-refractivity contribution in [3.63, 3.8) is 0 Å². The van der Waals surface area contributed by atoms with Crippen LogP contribution in [0.15, 0.2) is 21.5 Å². The summed E-state index contributed by atoms with van der Waals surface area (Å²) in [5.41, 5.74) is 0. The van der Waals surface area contributed by atoms with E-state index in [2.05, 4.69) is 4.90 Å². The predicted molar refractivity (Wildman–Crippen MR) is 87.7 cm³/mol. The van der Waals surface area contributed by atoms with E-state index in [0.717, 1.165) is 30.7 Å². The van der Waals surface area contributed by atoms with Crippen LogP contribution in [0, 0.1) is 0 Å². The van der Waals surface area contributed by atoms with Gasteiger partial charge in [-0.05, 0) is 50.9 Å². The van der Waals surface area contributed by atoms with Crippen molar-refractivity contribution >= 4 is 34.9 Å². The van der Waals surface area contributed by atoms with E-state index in [1.807, 2.05) is 26.0 Å². The van der Waals surface area contributed by atoms with Crippen LogP contribution in [-0.2, 0) is 4.79 Å². The monoisotopic (exact) mass is 320 g/mol. The van der Waals surface area contributed by atoms with Gasteiger partial charge in [0, 0.05) is 31.3 Å². The highest BCUT2D eigenvalue weighted by atomic mass is 32.2. The number of nitrogens with zero attached hydrogens (tertiary/aromatic N) is 2. The van der Waals surface area contributed by atoms with Gasteiger partial charge >= 0.3 is 0 Å². The lowest BCUT2D eigenvalue weighted by atomic mass is 10.1. The van der Waals surface area contributed by atoms with E-state index in [4.69, 9.17) is 4.42 Å². The molecule has 2 amide bonds. The minimum atomic E-state index is -0.235. The number of hydrogen-bond donors (Lipinski definition) is 0. The van der Waals surface area contributed by atoms with Crippen molar-refractivity contribution in [1.29, 1.82) is 0 Å². The Kier molecular flexibility index (Phi) is 4.29. The SMILES string of the molecule is CC(C)N1C(=O)SC(=Cc2ccc(N3CCCCC3)o2)C1=O. The first-order chi connectivity index (χ1) is 10.6. The minimum absolute atomic E-state index is 0.126. The first-order valence-electron chi connectivity index (χ1n) is 7.68. The minimum Gasteiger partial charge on any atom is -0.441 e. The number of rotatable bonds is 3. The molecule has 3 heterocycles. The molecule has 0 atom stereocenters. The molecule has 5 nitrogen and oxygen atoms in total. The summed E-state index contributed by atoms with van der Waals surface area (Å²) >= 11 is 0.975. The van der Waals surface area contributed by atoms with Gasteiger partial charge in [0.15, 0.2) is 5.88 Å². The second-order valence-corrected chi connectivity index (χ2v) is 6.86. The topological polar surface area (TPSA) is 53.8 Å². The van der Waals surface area contributed by atoms with Crippen LogP contribution in [0.1, 0.15) is 38.9 Å². The third-order valence-electron chi connectivity index (χ3n) is 3.89. The Labute approximate surface area is 134 Å². The standard InChI is InChI=1S/C16H20N2O3S/c1-11(2)18-15(19)13(22-16(18)20)10-12-6-7-14(21-12)17-8-4-3-5-9-17/h6-7,10-11H,3-5,8-9H2,1-2H3. The number of imide groups is 1. The summed E-state index contributed by atoms with van der Waals surface area (Å²) in [6.07, 6.45) is 5.31. The fourth-order valence-corrected chi connectivity index (χ4v) is 3.70. The summed E-state index contributed by atoms with van der Waals surface area (Å²) < 4.78 is 5.82. The lowest BCUT2D eigenvalue weighted by molar-refractivity contribution is -0.123. The number of thioether (sulfide) groups is 1. The van der Waals surface area contributed by atoms with Crippen molar-refractivity contribution in [2.24, 2.45) is 0 Å². The first-order valence-corrected chi connectivity index (χ1v) is 8.50. The second kappa shape index (κ2) is 6.20. The summed E-state index contributed by atoms with van der Waals surface area (Å²) in [7, 11) is 0. The van der Waals surface area contributed by atoms with Gasteiger partial charge in [-0.3, -0.25) is 14.5 Å². The molecule has 2 aliphatic heterocycles. The Morgan fingerprint density at radius 3 is 2.55 bits per heavy atom. The third-order valence-corrected chi connectivity index (χ3v) is 4.78. The van der Waals surface area contributed by atoms with Crippen LogP contribution in [0.3, 0.4) is 0 Å². The maximum absolute atomic E-state index is 12.2. The molecular weight excluding hydrogens is 300 g/mol. The van der Waals surface area contributed by atoms with E-state index in [0.29, 0.717) is 10.7 Å². The molecule has 2 aliphatic rings. The van der Waals surface area contributed by atoms with Crippen molar-refractivity contribution in [2.75, 3.05) is 18.0 Å². The van der Waals surface area contributed by atoms with Crippen molar-refractivity contribution in [1.82, 2.24) is 4.90 Å². The Bertz CT molecular complexity index is 615. The van der Waals surface area contributed by atoms with Gasteiger partial charge in [-0.25, -0.2) is 0 Å². The molecule has 0 saturated carbocycles. The lowest BCUT2D eigenvalue weighted by Crippen LogP contribution is -2.34. The van der Waals surface area contributed by atoms with E-state index in [-0.39, 0.29) is 17.2 Å². The summed E-state index contributed by atoms with van der Waals surface area (Å²) in [6, 6.07) is 3.66. The predicted octanol–water partition coefficient (Wildman–Crippen LogP) is 3.71. The molecule has 0 unspecified atom stereocenters. The fourth-order valence-electron chi connectivity index (χ4n) is 2.76. The maximum Gasteiger partial charge on any atom is 0.293 e. The van der Waals surface area contributed by atoms with Crippen LogP contribution in [-0.4, -0.2) is 35.2 Å². The molecule has 118 valence electrons. The molecule has 0 aromatic carbocycles. The Hall–Kier alpha value is -1.69. The Balaban J connectivity index is 1.77. The molecule has 1 aromatic rings. The van der Waals surface area contributed by atoms with E-state index in [9.17, 15) is 9.59 Å². The number of furan rings is 1. The molecule has 0 N–H and O–H groups in total. The normalized spacial score (nSPS) is 21.5. The van der Waals surface area contributed by atoms with Gasteiger partial charge in [0.1, 0.15) is 5.76 Å². The van der Waals surface area contributed by atoms with Crippen LogP contribution in [0.5, 0.6) is 0 Å². The van der Waals surface area contributed by atoms with Gasteiger partial charge < -0.3 is 9.32 Å². The van der Waals surface area contributed by atoms with Crippen LogP contribution in [0.4, 0.5) is 10.7 Å². The largest absolute Gasteiger partial charge is 0.441 e. The zero-order valence-electron chi connectivity index (χ0n) is 12.9. The summed E-state index contributed by atoms with van der Waals surface area (Å²) in [5, 5.41) is -0.214. The fraction of sp³-hybridized carbons (Fsp3) is 0.500. The van der Waals surface area contributed by atoms with Crippen molar-refractivity contribution in [3.8, 4) is 0 Å². The van der Waals surface area contributed by atoms with Gasteiger partial charge in [-0.15, -0.1) is 0 Å². The molecule has 0 spiro atoms. The van der Waals surface area contributed by atoms with E-state index >= 15 is 0 Å². The molecule has 3 rings (SSSR count). The van der Waals surface area contributed by atoms with Crippen molar-refractivity contribution in [3.05, 3.63) is 22.8 Å². The number of carbonyl (C=O) groups excluding carboxylic acids is 2. The molecule has 0 radical (unpaired) electrons. The van der Waals surface area contributed by atoms with Gasteiger partial charge in [-0.1, -0.05) is 0 Å². The molecule has 1 aromatic heterocycles. The van der Waals surface area contributed by atoms with Gasteiger partial charge in [-0.2, -0.15) is 0 Å². The smallest absolute Gasteiger partial charge is 0.293 e. The Morgan fingerprint density at radius 2 is 1.91 bits per heavy atom. The summed E-state index contributed by atoms with van der Waals surface area (Å²) in [4.78, 5) is 28.0. The molecule has 0 bridgehead atoms. The quantitative estimate of drug-likeness (QED) is 0.795. The van der Waals surface area contributed by atoms with Crippen LogP contribution in [0.25, 0.3) is 6.08 Å². The highest BCUT2D eigenvalue weighted by Crippen LogP contribution is 2.34. The Morgan fingerprint density at radius 1 is 1.18 bits per heavy atom. The number of amides is 2. The summed E-state index contributed by atoms with van der Waals surface area (Å²) in [5.74, 6) is 1.23. The van der Waals surface area contributed by atoms with Crippen molar-refractivity contribution in [2.45, 2.75) is 39.2 Å². The average Bonchev–Trinajstić information content (AvgIpc) is 3.06. The van der Waals surface area contributed by atoms with Gasteiger partial charge in [0.05, 0.1) is 4.91 Å².